The summed E-state index contributed by atoms with van der Waals surface area (Å²) in [5, 5.41) is 1.04. The van der Waals surface area contributed by atoms with E-state index in [9.17, 15) is 4.79 Å². The summed E-state index contributed by atoms with van der Waals surface area (Å²) < 4.78 is 5.78. The van der Waals surface area contributed by atoms with E-state index in [0.29, 0.717) is 5.88 Å². The van der Waals surface area contributed by atoms with E-state index in [2.05, 4.69) is 9.97 Å². The van der Waals surface area contributed by atoms with Crippen molar-refractivity contribution in [3.63, 3.8) is 0 Å². The van der Waals surface area contributed by atoms with Gasteiger partial charge in [0.1, 0.15) is 11.2 Å². The normalized spacial score (nSPS) is 17.7. The third-order valence-corrected chi connectivity index (χ3v) is 5.71. The molecule has 2 aromatic heterocycles. The molecule has 1 aliphatic heterocycles. The van der Waals surface area contributed by atoms with Gasteiger partial charge in [-0.2, -0.15) is 0 Å². The molecule has 4 rings (SSSR count). The largest absolute Gasteiger partial charge is 0.467 e. The molecule has 0 unspecified atom stereocenters. The third kappa shape index (κ3) is 2.45. The first-order valence-corrected chi connectivity index (χ1v) is 8.80. The number of fused-ring (bicyclic) bond motifs is 3. The van der Waals surface area contributed by atoms with Gasteiger partial charge in [0.25, 0.3) is 5.91 Å². The molecule has 0 N–H and O–H groups in total. The second kappa shape index (κ2) is 5.83. The van der Waals surface area contributed by atoms with Crippen molar-refractivity contribution < 1.29 is 9.53 Å². The van der Waals surface area contributed by atoms with Crippen LogP contribution in [0.4, 0.5) is 0 Å². The van der Waals surface area contributed by atoms with Crippen LogP contribution in [0.25, 0.3) is 10.2 Å². The van der Waals surface area contributed by atoms with Crippen LogP contribution in [0, 0.1) is 0 Å². The number of rotatable bonds is 3. The molecule has 2 aromatic rings. The molecule has 1 fully saturated rings. The summed E-state index contributed by atoms with van der Waals surface area (Å²) in [6.07, 6.45) is 8.39. The average molecular weight is 317 g/mol. The minimum Gasteiger partial charge on any atom is -0.467 e. The molecule has 2 aliphatic rings. The Morgan fingerprint density at radius 3 is 2.86 bits per heavy atom. The highest BCUT2D eigenvalue weighted by atomic mass is 32.1. The minimum atomic E-state index is 0.0633. The van der Waals surface area contributed by atoms with Gasteiger partial charge in [-0.15, -0.1) is 11.3 Å². The van der Waals surface area contributed by atoms with Gasteiger partial charge in [-0.3, -0.25) is 4.79 Å². The highest BCUT2D eigenvalue weighted by Gasteiger charge is 2.22. The summed E-state index contributed by atoms with van der Waals surface area (Å²) in [6, 6.07) is 0. The van der Waals surface area contributed by atoms with E-state index < -0.39 is 0 Å². The molecule has 116 valence electrons. The predicted molar refractivity (Wildman–Crippen MR) is 85.4 cm³/mol. The lowest BCUT2D eigenvalue weighted by Crippen LogP contribution is -2.32. The fourth-order valence-corrected chi connectivity index (χ4v) is 4.58. The van der Waals surface area contributed by atoms with Crippen molar-refractivity contribution in [2.24, 2.45) is 0 Å². The zero-order chi connectivity index (χ0) is 14.9. The zero-order valence-corrected chi connectivity index (χ0v) is 13.3. The first-order valence-electron chi connectivity index (χ1n) is 7.99. The number of likely N-dealkylation sites (tertiary alicyclic amines) is 1. The maximum atomic E-state index is 12.1. The number of carbonyl (C=O) groups is 1. The molecule has 0 spiro atoms. The van der Waals surface area contributed by atoms with Crippen molar-refractivity contribution in [2.75, 3.05) is 19.7 Å². The van der Waals surface area contributed by atoms with E-state index in [4.69, 9.17) is 4.74 Å². The Morgan fingerprint density at radius 1 is 1.18 bits per heavy atom. The number of carbonyl (C=O) groups excluding carboxylic acids is 1. The zero-order valence-electron chi connectivity index (χ0n) is 12.5. The first kappa shape index (κ1) is 13.9. The van der Waals surface area contributed by atoms with Crippen LogP contribution >= 0.6 is 11.3 Å². The van der Waals surface area contributed by atoms with Crippen LogP contribution in [-0.2, 0) is 17.6 Å². The average Bonchev–Trinajstić information content (AvgIpc) is 3.19. The van der Waals surface area contributed by atoms with E-state index >= 15 is 0 Å². The van der Waals surface area contributed by atoms with E-state index in [0.717, 1.165) is 49.0 Å². The van der Waals surface area contributed by atoms with Crippen LogP contribution in [0.2, 0.25) is 0 Å². The molecule has 1 amide bonds. The second-order valence-corrected chi connectivity index (χ2v) is 7.03. The van der Waals surface area contributed by atoms with Crippen LogP contribution in [0.3, 0.4) is 0 Å². The maximum absolute atomic E-state index is 12.1. The standard InChI is InChI=1S/C16H19N3O2S/c20-13(19-7-3-4-8-19)9-21-15-14-11-5-1-2-6-12(11)22-16(14)18-10-17-15/h10H,1-9H2. The number of amides is 1. The quantitative estimate of drug-likeness (QED) is 0.873. The summed E-state index contributed by atoms with van der Waals surface area (Å²) in [5.41, 5.74) is 1.34. The Kier molecular flexibility index (Phi) is 3.70. The van der Waals surface area contributed by atoms with Gasteiger partial charge < -0.3 is 9.64 Å². The van der Waals surface area contributed by atoms with Crippen LogP contribution in [0.5, 0.6) is 5.88 Å². The van der Waals surface area contributed by atoms with Crippen molar-refractivity contribution in [1.82, 2.24) is 14.9 Å². The van der Waals surface area contributed by atoms with Gasteiger partial charge in [-0.25, -0.2) is 9.97 Å². The lowest BCUT2D eigenvalue weighted by atomic mass is 9.97. The molecule has 1 saturated heterocycles. The summed E-state index contributed by atoms with van der Waals surface area (Å²) in [5.74, 6) is 0.644. The van der Waals surface area contributed by atoms with Gasteiger partial charge in [-0.1, -0.05) is 0 Å². The van der Waals surface area contributed by atoms with Gasteiger partial charge in [-0.05, 0) is 44.1 Å². The lowest BCUT2D eigenvalue weighted by molar-refractivity contribution is -0.132. The Morgan fingerprint density at radius 2 is 2.00 bits per heavy atom. The lowest BCUT2D eigenvalue weighted by Gasteiger charge is -2.16. The van der Waals surface area contributed by atoms with Crippen molar-refractivity contribution >= 4 is 27.5 Å². The van der Waals surface area contributed by atoms with E-state index in [1.807, 2.05) is 4.90 Å². The smallest absolute Gasteiger partial charge is 0.260 e. The Balaban J connectivity index is 1.58. The summed E-state index contributed by atoms with van der Waals surface area (Å²) in [7, 11) is 0. The number of aromatic nitrogens is 2. The van der Waals surface area contributed by atoms with Crippen molar-refractivity contribution in [2.45, 2.75) is 38.5 Å². The highest BCUT2D eigenvalue weighted by molar-refractivity contribution is 7.18. The SMILES string of the molecule is O=C(COc1ncnc2sc3c(c12)CCCC3)N1CCCC1. The van der Waals surface area contributed by atoms with Crippen LogP contribution in [-0.4, -0.2) is 40.5 Å². The fourth-order valence-electron chi connectivity index (χ4n) is 3.36. The van der Waals surface area contributed by atoms with Gasteiger partial charge in [0, 0.05) is 18.0 Å². The second-order valence-electron chi connectivity index (χ2n) is 5.95. The molecule has 3 heterocycles. The molecular formula is C16H19N3O2S. The Hall–Kier alpha value is -1.69. The van der Waals surface area contributed by atoms with Crippen LogP contribution < -0.4 is 4.74 Å². The first-order chi connectivity index (χ1) is 10.8. The molecule has 6 heteroatoms. The van der Waals surface area contributed by atoms with Crippen molar-refractivity contribution in [3.05, 3.63) is 16.8 Å². The van der Waals surface area contributed by atoms with E-state index in [-0.39, 0.29) is 12.5 Å². The van der Waals surface area contributed by atoms with E-state index in [1.165, 1.54) is 23.3 Å². The van der Waals surface area contributed by atoms with Crippen LogP contribution in [0.15, 0.2) is 6.33 Å². The summed E-state index contributed by atoms with van der Waals surface area (Å²) in [6.45, 7) is 1.79. The minimum absolute atomic E-state index is 0.0633. The van der Waals surface area contributed by atoms with Gasteiger partial charge >= 0.3 is 0 Å². The van der Waals surface area contributed by atoms with E-state index in [1.54, 1.807) is 17.7 Å². The number of aryl methyl sites for hydroxylation is 2. The molecule has 0 radical (unpaired) electrons. The molecule has 0 atom stereocenters. The monoisotopic (exact) mass is 317 g/mol. The summed E-state index contributed by atoms with van der Waals surface area (Å²) in [4.78, 5) is 25.1. The molecule has 0 aromatic carbocycles. The number of hydrogen-bond acceptors (Lipinski definition) is 5. The Labute approximate surface area is 133 Å². The van der Waals surface area contributed by atoms with Crippen LogP contribution in [0.1, 0.15) is 36.1 Å². The fraction of sp³-hybridized carbons (Fsp3) is 0.562. The molecule has 5 nitrogen and oxygen atoms in total. The summed E-state index contributed by atoms with van der Waals surface area (Å²) >= 11 is 1.75. The molecular weight excluding hydrogens is 298 g/mol. The number of hydrogen-bond donors (Lipinski definition) is 0. The highest BCUT2D eigenvalue weighted by Crippen LogP contribution is 2.38. The molecule has 22 heavy (non-hydrogen) atoms. The van der Waals surface area contributed by atoms with Crippen molar-refractivity contribution in [1.29, 1.82) is 0 Å². The number of nitrogens with zero attached hydrogens (tertiary/aromatic N) is 3. The molecule has 0 bridgehead atoms. The predicted octanol–water partition coefficient (Wildman–Crippen LogP) is 2.57. The number of ether oxygens (including phenoxy) is 1. The van der Waals surface area contributed by atoms with Gasteiger partial charge in [0.2, 0.25) is 5.88 Å². The number of thiophene rings is 1. The molecule has 0 saturated carbocycles. The van der Waals surface area contributed by atoms with Crippen molar-refractivity contribution in [3.8, 4) is 5.88 Å². The third-order valence-electron chi connectivity index (χ3n) is 4.51. The molecule has 1 aliphatic carbocycles. The van der Waals surface area contributed by atoms with Gasteiger partial charge in [0.15, 0.2) is 6.61 Å². The van der Waals surface area contributed by atoms with Gasteiger partial charge in [0.05, 0.1) is 5.39 Å². The topological polar surface area (TPSA) is 55.3 Å². The maximum Gasteiger partial charge on any atom is 0.260 e. The Bertz CT molecular complexity index is 707.